The first-order valence-electron chi connectivity index (χ1n) is 21.6. The summed E-state index contributed by atoms with van der Waals surface area (Å²) in [7, 11) is 0. The van der Waals surface area contributed by atoms with E-state index < -0.39 is 17.6 Å². The minimum Gasteiger partial charge on any atom is -0.753 e. The maximum atomic E-state index is 12.8. The van der Waals surface area contributed by atoms with Crippen molar-refractivity contribution in [1.29, 1.82) is 5.41 Å². The van der Waals surface area contributed by atoms with Crippen molar-refractivity contribution in [3.05, 3.63) is 174 Å². The van der Waals surface area contributed by atoms with Gasteiger partial charge in [-0.2, -0.15) is 18.3 Å². The third kappa shape index (κ3) is 16.2. The van der Waals surface area contributed by atoms with E-state index >= 15 is 0 Å². The Balaban J connectivity index is 0.000000321. The van der Waals surface area contributed by atoms with Crippen LogP contribution in [0.4, 0.5) is 30.2 Å². The fourth-order valence-electron chi connectivity index (χ4n) is 6.78. The van der Waals surface area contributed by atoms with Gasteiger partial charge >= 0.3 is 25.7 Å². The largest absolute Gasteiger partial charge is 2.00 e. The van der Waals surface area contributed by atoms with Gasteiger partial charge in [-0.25, -0.2) is 4.98 Å². The molecule has 19 heteroatoms. The van der Waals surface area contributed by atoms with Crippen molar-refractivity contribution in [2.75, 3.05) is 4.90 Å². The number of isothiocyanates is 1. The van der Waals surface area contributed by atoms with Crippen LogP contribution in [0.25, 0.3) is 50.7 Å². The Hall–Kier alpha value is -8.11. The molecule has 0 aliphatic carbocycles. The van der Waals surface area contributed by atoms with Gasteiger partial charge in [0, 0.05) is 65.6 Å². The van der Waals surface area contributed by atoms with E-state index in [1.807, 2.05) is 24.3 Å². The van der Waals surface area contributed by atoms with Crippen LogP contribution in [0.15, 0.2) is 146 Å². The van der Waals surface area contributed by atoms with Crippen molar-refractivity contribution in [2.45, 2.75) is 58.5 Å². The summed E-state index contributed by atoms with van der Waals surface area (Å²) >= 11 is 3.70. The number of thiocarbonyl (C=S) groups is 1. The maximum absolute atomic E-state index is 12.8. The van der Waals surface area contributed by atoms with Crippen LogP contribution in [0.1, 0.15) is 58.4 Å². The molecular weight excluding hydrogens is 1050 g/mol. The van der Waals surface area contributed by atoms with Gasteiger partial charge in [-0.1, -0.05) is 90.2 Å². The van der Waals surface area contributed by atoms with Crippen LogP contribution in [0.3, 0.4) is 0 Å². The molecule has 374 valence electrons. The van der Waals surface area contributed by atoms with Gasteiger partial charge in [0.25, 0.3) is 19.4 Å². The molecule has 0 saturated carbocycles. The Morgan fingerprint density at radius 2 is 0.986 bits per heavy atom. The number of aromatic nitrogens is 4. The van der Waals surface area contributed by atoms with E-state index in [4.69, 9.17) is 30.8 Å². The molecule has 14 nitrogen and oxygen atoms in total. The van der Waals surface area contributed by atoms with E-state index in [0.717, 1.165) is 22.6 Å². The van der Waals surface area contributed by atoms with E-state index in [-0.39, 0.29) is 59.7 Å². The molecule has 0 aliphatic rings. The minimum absolute atomic E-state index is 0. The Kier molecular flexibility index (Phi) is 20.3. The Morgan fingerprint density at radius 3 is 1.38 bits per heavy atom. The van der Waals surface area contributed by atoms with Crippen molar-refractivity contribution >= 4 is 65.3 Å². The van der Waals surface area contributed by atoms with Crippen molar-refractivity contribution < 1.29 is 61.2 Å². The van der Waals surface area contributed by atoms with Crippen LogP contribution in [0.2, 0.25) is 0 Å². The molecule has 0 spiro atoms. The van der Waals surface area contributed by atoms with Gasteiger partial charge in [0.15, 0.2) is 0 Å². The summed E-state index contributed by atoms with van der Waals surface area (Å²) in [6.07, 6.45) is 0.00582. The molecule has 0 aliphatic heterocycles. The second-order valence-electron chi connectivity index (χ2n) is 17.4. The summed E-state index contributed by atoms with van der Waals surface area (Å²) in [5, 5.41) is 15.6. The number of pyridine rings is 4. The number of anilines is 3. The van der Waals surface area contributed by atoms with Gasteiger partial charge in [-0.3, -0.25) is 34.7 Å². The molecule has 0 amide bonds. The molecule has 7 rings (SSSR count). The van der Waals surface area contributed by atoms with Crippen LogP contribution in [0.5, 0.6) is 17.2 Å². The van der Waals surface area contributed by atoms with E-state index in [0.29, 0.717) is 47.4 Å². The summed E-state index contributed by atoms with van der Waals surface area (Å²) in [4.78, 5) is 50.9. The Bertz CT molecular complexity index is 2950. The summed E-state index contributed by atoms with van der Waals surface area (Å²) in [6.45, 7) is 14.0. The predicted molar refractivity (Wildman–Crippen MR) is 275 cm³/mol. The standard InChI is InChI=1S/C35H36F3N4.C18H11N3O6.CNS.Ru/c1-33(2,3)25-9-15-28(16-10-25)42(29-17-11-26(12-18-29)34(4,5)6)27-13-7-23(8-14-27)24-19-20-41-31(21-24)30(39)22-32(40)35(36,37)38;22-9-25-12-1-3-19-15(5-12)17-7-14(27-11-24)8-18(21-17)16-6-13(26-10-23)2-4-20-16;2-1-3;/h7-22,39-40H,1-6H3;1-11H;;/q-1;;-1;+2/b30-22-,40-32?;;;. The third-order valence-corrected chi connectivity index (χ3v) is 10.4. The Morgan fingerprint density at radius 1 is 0.603 bits per heavy atom. The van der Waals surface area contributed by atoms with E-state index in [1.54, 1.807) is 12.1 Å². The fourth-order valence-corrected chi connectivity index (χ4v) is 6.78. The normalized spacial score (nSPS) is 11.1. The Labute approximate surface area is 438 Å². The summed E-state index contributed by atoms with van der Waals surface area (Å²) in [5.74, 6) is 0.760. The molecule has 4 aromatic heterocycles. The molecule has 4 heterocycles. The van der Waals surface area contributed by atoms with Crippen molar-refractivity contribution in [2.24, 2.45) is 0 Å². The molecule has 7 aromatic rings. The third-order valence-electron chi connectivity index (χ3n) is 10.4. The second-order valence-corrected chi connectivity index (χ2v) is 17.6. The number of halogens is 3. The van der Waals surface area contributed by atoms with Crippen LogP contribution in [-0.2, 0) is 44.7 Å². The molecule has 0 unspecified atom stereocenters. The quantitative estimate of drug-likeness (QED) is 0.0468. The van der Waals surface area contributed by atoms with Crippen molar-refractivity contribution in [3.8, 4) is 51.2 Å². The molecule has 3 aromatic carbocycles. The molecule has 2 N–H and O–H groups in total. The summed E-state index contributed by atoms with van der Waals surface area (Å²) < 4.78 is 52.9. The molecule has 0 bridgehead atoms. The van der Waals surface area contributed by atoms with Crippen LogP contribution in [-0.4, -0.2) is 56.4 Å². The first-order chi connectivity index (χ1) is 34.2. The molecule has 73 heavy (non-hydrogen) atoms. The number of hydrogen-bond donors (Lipinski definition) is 1. The number of allylic oxidation sites excluding steroid dienone is 1. The van der Waals surface area contributed by atoms with Crippen molar-refractivity contribution in [1.82, 2.24) is 19.9 Å². The second kappa shape index (κ2) is 25.8. The van der Waals surface area contributed by atoms with E-state index in [2.05, 4.69) is 127 Å². The smallest absolute Gasteiger partial charge is 0.753 e. The van der Waals surface area contributed by atoms with Crippen LogP contribution in [0, 0.1) is 5.41 Å². The number of hydrogen-bond acceptors (Lipinski definition) is 13. The maximum Gasteiger partial charge on any atom is 2.00 e. The number of alkyl halides is 3. The zero-order valence-electron chi connectivity index (χ0n) is 40.1. The van der Waals surface area contributed by atoms with Crippen molar-refractivity contribution in [3.63, 3.8) is 0 Å². The number of ether oxygens (including phenoxy) is 3. The first kappa shape index (κ1) is 57.5. The monoisotopic (exact) mass is 1090 g/mol. The number of carbonyl (C=O) groups is 3. The number of nitrogens with one attached hydrogen (secondary N) is 2. The summed E-state index contributed by atoms with van der Waals surface area (Å²) in [5.41, 5.74) is 14.5. The molecule has 0 fully saturated rings. The van der Waals surface area contributed by atoms with E-state index in [9.17, 15) is 27.6 Å². The van der Waals surface area contributed by atoms with Gasteiger partial charge < -0.3 is 30.3 Å². The number of nitrogens with zero attached hydrogens (tertiary/aromatic N) is 6. The van der Waals surface area contributed by atoms with Gasteiger partial charge in [-0.15, -0.1) is 5.70 Å². The minimum atomic E-state index is -4.81. The van der Waals surface area contributed by atoms with Gasteiger partial charge in [0.1, 0.15) is 23.0 Å². The zero-order chi connectivity index (χ0) is 52.6. The number of rotatable bonds is 14. The summed E-state index contributed by atoms with van der Waals surface area (Å²) in [6, 6.07) is 37.3. The molecule has 0 radical (unpaired) electrons. The number of carbonyl (C=O) groups excluding carboxylic acids is 3. The van der Waals surface area contributed by atoms with Gasteiger partial charge in [0.05, 0.1) is 22.8 Å². The molecule has 0 saturated heterocycles. The number of benzene rings is 3. The van der Waals surface area contributed by atoms with Gasteiger partial charge in [-0.05, 0) is 99.8 Å². The van der Waals surface area contributed by atoms with Crippen LogP contribution < -0.4 is 19.1 Å². The topological polar surface area (TPSA) is 204 Å². The average Bonchev–Trinajstić information content (AvgIpc) is 3.35. The predicted octanol–water partition coefficient (Wildman–Crippen LogP) is 13.3. The first-order valence-corrected chi connectivity index (χ1v) is 22.0. The van der Waals surface area contributed by atoms with Crippen LogP contribution >= 0.6 is 12.2 Å². The SMILES string of the molecule is CC(C)(C)c1ccc(N(c2ccc(-c3ccnc(/C([NH-])=C/C(=N)C(F)(F)F)c3)cc2)c2ccc(C(C)(C)C)cc2)cc1.O=COc1ccnc(-c2cc(OC=O)cc(-c3cc(OC=O)ccn3)n2)c1.[N-]=C=S.[Ru+2]. The van der Waals surface area contributed by atoms with Gasteiger partial charge in [0.2, 0.25) is 0 Å². The fraction of sp³-hybridized carbons (Fsp3) is 0.167. The molecular formula is C54H47F3N8O6RuS. The van der Waals surface area contributed by atoms with E-state index in [1.165, 1.54) is 71.3 Å². The molecule has 0 atom stereocenters. The average molecular weight is 1090 g/mol. The zero-order valence-corrected chi connectivity index (χ0v) is 42.7.